The van der Waals surface area contributed by atoms with E-state index < -0.39 is 29.3 Å². The molecule has 18 heteroatoms. The highest BCUT2D eigenvalue weighted by Gasteiger charge is 2.36. The van der Waals surface area contributed by atoms with E-state index in [-0.39, 0.29) is 55.9 Å². The molecule has 7 N–H and O–H groups in total. The number of hydrogen-bond acceptors (Lipinski definition) is 14. The summed E-state index contributed by atoms with van der Waals surface area (Å²) in [6.45, 7) is 2.24. The summed E-state index contributed by atoms with van der Waals surface area (Å²) in [7, 11) is -1.68. The van der Waals surface area contributed by atoms with Crippen LogP contribution in [0, 0.1) is 5.92 Å². The van der Waals surface area contributed by atoms with E-state index in [1.54, 1.807) is 0 Å². The Bertz CT molecular complexity index is 2690. The van der Waals surface area contributed by atoms with Gasteiger partial charge in [0.2, 0.25) is 9.05 Å². The van der Waals surface area contributed by atoms with Crippen molar-refractivity contribution in [1.29, 1.82) is 0 Å². The van der Waals surface area contributed by atoms with E-state index in [0.717, 1.165) is 37.5 Å². The lowest BCUT2D eigenvalue weighted by atomic mass is 9.83. The Labute approximate surface area is 483 Å². The molecule has 0 spiro atoms. The molecule has 10 rings (SSSR count). The molecule has 4 fully saturated rings. The van der Waals surface area contributed by atoms with E-state index >= 15 is 0 Å². The molecule has 438 valence electrons. The van der Waals surface area contributed by atoms with E-state index in [0.29, 0.717) is 37.8 Å². The Morgan fingerprint density at radius 2 is 0.650 bits per heavy atom. The zero-order valence-electron chi connectivity index (χ0n) is 46.2. The molecular formula is C62H86ClN5O9S3. The Kier molecular flexibility index (Phi) is 28.7. The van der Waals surface area contributed by atoms with Crippen LogP contribution < -0.4 is 27.0 Å². The number of nitrogens with two attached hydrogens (primary N) is 1. The van der Waals surface area contributed by atoms with Crippen molar-refractivity contribution in [3.8, 4) is 0 Å². The van der Waals surface area contributed by atoms with Crippen molar-refractivity contribution < 1.29 is 38.7 Å². The summed E-state index contributed by atoms with van der Waals surface area (Å²) in [5.41, 5.74) is 12.8. The minimum Gasteiger partial charge on any atom is -0.393 e. The van der Waals surface area contributed by atoms with Crippen LogP contribution in [0.25, 0.3) is 0 Å². The summed E-state index contributed by atoms with van der Waals surface area (Å²) < 4.78 is 73.5. The molecule has 6 aromatic carbocycles. The highest BCUT2D eigenvalue weighted by Crippen LogP contribution is 2.33. The molecule has 14 nitrogen and oxygen atoms in total. The van der Waals surface area contributed by atoms with Crippen LogP contribution in [-0.4, -0.2) is 106 Å². The second kappa shape index (κ2) is 33.9. The number of benzene rings is 6. The van der Waals surface area contributed by atoms with Crippen LogP contribution in [0.3, 0.4) is 0 Å². The maximum Gasteiger partial charge on any atom is 0.264 e. The van der Waals surface area contributed by atoms with Crippen molar-refractivity contribution in [2.45, 2.75) is 126 Å². The minimum absolute atomic E-state index is 0. The zero-order valence-corrected chi connectivity index (χ0v) is 49.4. The first-order valence-electron chi connectivity index (χ1n) is 26.8. The number of halogens is 1. The molecule has 4 saturated carbocycles. The Balaban J connectivity index is 0.000000229. The van der Waals surface area contributed by atoms with Gasteiger partial charge in [0.25, 0.3) is 20.2 Å². The molecule has 4 aliphatic rings. The molecule has 6 aromatic rings. The summed E-state index contributed by atoms with van der Waals surface area (Å²) in [5, 5.41) is 23.1. The standard InChI is InChI=1S/2C18H21NO3S.C17H19NO.C5H11N.C2H7N.CH3ClO2S.CH4/c2*1-23(20,21)22-17-12-16(13-17)19-18(14-8-4-2-5-9-14)15-10-6-3-7-11-15;19-16-11-15(12-16)18-17(13-7-3-1-4-8-13)14-9-5-2-6-10-14;1-4-2-5(6)3-4;1-3-2;1-5(2,3)4;/h2*2-11,16-19H,12-13H2,1H3;1-10,15-19H,11-12H2;4-5H,2-3,6H2,1H3;3H,1-2H3;1H3;1H4. The highest BCUT2D eigenvalue weighted by atomic mass is 35.7. The third-order valence-electron chi connectivity index (χ3n) is 13.3. The third-order valence-corrected chi connectivity index (χ3v) is 14.6. The van der Waals surface area contributed by atoms with Gasteiger partial charge in [0.05, 0.1) is 55.2 Å². The number of rotatable bonds is 16. The molecule has 0 radical (unpaired) electrons. The first-order valence-corrected chi connectivity index (χ1v) is 33.2. The number of nitrogens with one attached hydrogen (secondary N) is 4. The molecule has 0 amide bonds. The normalized spacial score (nSPS) is 21.8. The zero-order chi connectivity index (χ0) is 57.4. The Morgan fingerprint density at radius 3 is 0.800 bits per heavy atom. The highest BCUT2D eigenvalue weighted by molar-refractivity contribution is 8.13. The van der Waals surface area contributed by atoms with Gasteiger partial charge in [-0.05, 0) is 105 Å². The molecule has 0 aliphatic heterocycles. The molecule has 0 saturated heterocycles. The fourth-order valence-electron chi connectivity index (χ4n) is 9.48. The fraction of sp³-hybridized carbons (Fsp3) is 0.419. The van der Waals surface area contributed by atoms with Crippen molar-refractivity contribution in [2.24, 2.45) is 11.7 Å². The van der Waals surface area contributed by atoms with Gasteiger partial charge in [-0.25, -0.2) is 8.42 Å². The van der Waals surface area contributed by atoms with Crippen molar-refractivity contribution in [3.05, 3.63) is 215 Å². The molecule has 0 unspecified atom stereocenters. The van der Waals surface area contributed by atoms with E-state index in [1.165, 1.54) is 46.2 Å². The maximum atomic E-state index is 11.2. The number of aliphatic hydroxyl groups excluding tert-OH is 1. The predicted molar refractivity (Wildman–Crippen MR) is 327 cm³/mol. The number of hydrogen-bond donors (Lipinski definition) is 6. The van der Waals surface area contributed by atoms with Crippen LogP contribution in [0.2, 0.25) is 0 Å². The summed E-state index contributed by atoms with van der Waals surface area (Å²) >= 11 is 0. The molecule has 0 heterocycles. The maximum absolute atomic E-state index is 11.2. The van der Waals surface area contributed by atoms with E-state index in [2.05, 4.69) is 136 Å². The van der Waals surface area contributed by atoms with Gasteiger partial charge in [-0.3, -0.25) is 8.37 Å². The first-order chi connectivity index (χ1) is 37.6. The van der Waals surface area contributed by atoms with Gasteiger partial charge in [0, 0.05) is 34.8 Å². The van der Waals surface area contributed by atoms with Gasteiger partial charge in [-0.15, -0.1) is 0 Å². The minimum atomic E-state index is -3.37. The van der Waals surface area contributed by atoms with E-state index in [4.69, 9.17) is 14.1 Å². The lowest BCUT2D eigenvalue weighted by molar-refractivity contribution is 0.0595. The van der Waals surface area contributed by atoms with Gasteiger partial charge in [0.15, 0.2) is 0 Å². The average Bonchev–Trinajstić information content (AvgIpc) is 3.37. The van der Waals surface area contributed by atoms with Crippen molar-refractivity contribution in [3.63, 3.8) is 0 Å². The Morgan fingerprint density at radius 1 is 0.450 bits per heavy atom. The lowest BCUT2D eigenvalue weighted by Gasteiger charge is -2.37. The quantitative estimate of drug-likeness (QED) is 0.0393. The van der Waals surface area contributed by atoms with E-state index in [1.807, 2.05) is 99.0 Å². The van der Waals surface area contributed by atoms with Crippen molar-refractivity contribution in [1.82, 2.24) is 21.3 Å². The van der Waals surface area contributed by atoms with Crippen molar-refractivity contribution in [2.75, 3.05) is 32.9 Å². The predicted octanol–water partition coefficient (Wildman–Crippen LogP) is 10.0. The van der Waals surface area contributed by atoms with Crippen LogP contribution >= 0.6 is 10.7 Å². The van der Waals surface area contributed by atoms with Gasteiger partial charge < -0.3 is 32.1 Å². The molecule has 80 heavy (non-hydrogen) atoms. The smallest absolute Gasteiger partial charge is 0.264 e. The van der Waals surface area contributed by atoms with Crippen LogP contribution in [0.4, 0.5) is 0 Å². The first kappa shape index (κ1) is 67.6. The lowest BCUT2D eigenvalue weighted by Crippen LogP contribution is -2.47. The molecule has 0 bridgehead atoms. The molecular weight excluding hydrogens is 1090 g/mol. The summed E-state index contributed by atoms with van der Waals surface area (Å²) in [6, 6.07) is 64.0. The van der Waals surface area contributed by atoms with Crippen molar-refractivity contribution >= 4 is 40.0 Å². The number of aliphatic hydroxyl groups is 1. The van der Waals surface area contributed by atoms with Crippen LogP contribution in [0.5, 0.6) is 0 Å². The fourth-order valence-corrected chi connectivity index (χ4v) is 10.8. The van der Waals surface area contributed by atoms with Crippen LogP contribution in [0.1, 0.15) is 117 Å². The molecule has 0 aromatic heterocycles. The van der Waals surface area contributed by atoms with Gasteiger partial charge in [0.1, 0.15) is 0 Å². The largest absolute Gasteiger partial charge is 0.393 e. The SMILES string of the molecule is C.CC1CC(N)C1.CNC.CS(=O)(=O)Cl.CS(=O)(=O)OC1CC(NC(c2ccccc2)c2ccccc2)C1.CS(=O)(=O)OC1CC(NC(c2ccccc2)c2ccccc2)C1.OC1CC(NC(c2ccccc2)c2ccccc2)C1. The second-order valence-corrected chi connectivity index (χ2v) is 27.0. The summed E-state index contributed by atoms with van der Waals surface area (Å²) in [5.74, 6) is 0.917. The van der Waals surface area contributed by atoms with Crippen LogP contribution in [0.15, 0.2) is 182 Å². The average molecular weight is 1180 g/mol. The van der Waals surface area contributed by atoms with Gasteiger partial charge >= 0.3 is 0 Å². The van der Waals surface area contributed by atoms with Gasteiger partial charge in [-0.1, -0.05) is 196 Å². The second-order valence-electron chi connectivity index (χ2n) is 20.8. The molecule has 0 atom stereocenters. The Hall–Kier alpha value is -4.86. The monoisotopic (exact) mass is 1180 g/mol. The topological polar surface area (TPSA) is 215 Å². The molecule has 4 aliphatic carbocycles. The van der Waals surface area contributed by atoms with Crippen LogP contribution in [-0.2, 0) is 37.7 Å². The summed E-state index contributed by atoms with van der Waals surface area (Å²) in [6.07, 6.45) is 9.67. The van der Waals surface area contributed by atoms with Gasteiger partial charge in [-0.2, -0.15) is 16.8 Å². The third kappa shape index (κ3) is 25.9. The summed E-state index contributed by atoms with van der Waals surface area (Å²) in [4.78, 5) is 0. The van der Waals surface area contributed by atoms with E-state index in [9.17, 15) is 30.4 Å².